The molecule has 0 fully saturated rings. The van der Waals surface area contributed by atoms with Gasteiger partial charge in [-0.2, -0.15) is 4.98 Å². The summed E-state index contributed by atoms with van der Waals surface area (Å²) in [6.45, 7) is 3.88. The van der Waals surface area contributed by atoms with Crippen molar-refractivity contribution in [3.63, 3.8) is 0 Å². The van der Waals surface area contributed by atoms with Gasteiger partial charge in [-0.1, -0.05) is 30.3 Å². The lowest BCUT2D eigenvalue weighted by Crippen LogP contribution is -2.36. The predicted molar refractivity (Wildman–Crippen MR) is 118 cm³/mol. The van der Waals surface area contributed by atoms with Gasteiger partial charge in [0.2, 0.25) is 4.96 Å². The van der Waals surface area contributed by atoms with E-state index in [0.717, 1.165) is 21.8 Å². The second-order valence-corrected chi connectivity index (χ2v) is 7.93. The number of carbonyl (C=O) groups is 2. The Kier molecular flexibility index (Phi) is 5.77. The molecule has 0 bridgehead atoms. The van der Waals surface area contributed by atoms with E-state index >= 15 is 0 Å². The molecule has 2 aromatic heterocycles. The Morgan fingerprint density at radius 2 is 1.90 bits per heavy atom. The summed E-state index contributed by atoms with van der Waals surface area (Å²) in [6.07, 6.45) is 0.481. The van der Waals surface area contributed by atoms with Gasteiger partial charge < -0.3 is 10.6 Å². The molecule has 2 heterocycles. The third-order valence-corrected chi connectivity index (χ3v) is 5.70. The number of aryl methyl sites for hydroxylation is 2. The first kappa shape index (κ1) is 20.7. The summed E-state index contributed by atoms with van der Waals surface area (Å²) in [4.78, 5) is 29.5. The molecule has 0 unspecified atom stereocenters. The molecule has 0 saturated heterocycles. The van der Waals surface area contributed by atoms with E-state index in [2.05, 4.69) is 20.7 Å². The van der Waals surface area contributed by atoms with Gasteiger partial charge in [-0.15, -0.1) is 16.4 Å². The number of fused-ring (bicyclic) bond motifs is 1. The second kappa shape index (κ2) is 8.65. The number of anilines is 1. The van der Waals surface area contributed by atoms with E-state index in [1.807, 2.05) is 36.6 Å². The van der Waals surface area contributed by atoms with Crippen molar-refractivity contribution in [2.45, 2.75) is 20.3 Å². The average Bonchev–Trinajstić information content (AvgIpc) is 3.32. The van der Waals surface area contributed by atoms with Crippen LogP contribution in [0.3, 0.4) is 0 Å². The van der Waals surface area contributed by atoms with Crippen LogP contribution in [0, 0.1) is 19.7 Å². The van der Waals surface area contributed by atoms with Crippen molar-refractivity contribution in [2.75, 3.05) is 11.9 Å². The van der Waals surface area contributed by atoms with E-state index < -0.39 is 17.6 Å². The van der Waals surface area contributed by atoms with Gasteiger partial charge in [-0.25, -0.2) is 8.91 Å². The summed E-state index contributed by atoms with van der Waals surface area (Å²) < 4.78 is 15.3. The maximum atomic E-state index is 13.6. The van der Waals surface area contributed by atoms with Gasteiger partial charge in [-0.3, -0.25) is 9.59 Å². The van der Waals surface area contributed by atoms with Gasteiger partial charge in [0.1, 0.15) is 5.82 Å². The van der Waals surface area contributed by atoms with Gasteiger partial charge in [0.15, 0.2) is 5.82 Å². The molecule has 9 heteroatoms. The minimum absolute atomic E-state index is 0.231. The molecule has 2 N–H and O–H groups in total. The molecule has 4 rings (SSSR count). The number of aromatic nitrogens is 3. The zero-order valence-electron chi connectivity index (χ0n) is 17.0. The SMILES string of the molecule is Cc1ccc(NC(=O)C(=O)NCCc2csc3nc(-c4ccccc4C)nn23)cc1F. The number of benzene rings is 2. The Bertz CT molecular complexity index is 1280. The van der Waals surface area contributed by atoms with Crippen molar-refractivity contribution in [3.8, 4) is 11.4 Å². The Hall–Kier alpha value is -3.59. The van der Waals surface area contributed by atoms with E-state index in [1.54, 1.807) is 17.5 Å². The van der Waals surface area contributed by atoms with Gasteiger partial charge in [0.25, 0.3) is 0 Å². The topological polar surface area (TPSA) is 88.4 Å². The Balaban J connectivity index is 1.37. The van der Waals surface area contributed by atoms with Crippen molar-refractivity contribution in [1.82, 2.24) is 19.9 Å². The van der Waals surface area contributed by atoms with Crippen LogP contribution >= 0.6 is 11.3 Å². The van der Waals surface area contributed by atoms with Crippen LogP contribution in [0.25, 0.3) is 16.3 Å². The normalized spacial score (nSPS) is 10.9. The molecule has 7 nitrogen and oxygen atoms in total. The molecule has 0 radical (unpaired) electrons. The summed E-state index contributed by atoms with van der Waals surface area (Å²) in [5.41, 5.74) is 3.64. The average molecular weight is 438 g/mol. The van der Waals surface area contributed by atoms with Crippen LogP contribution in [0.1, 0.15) is 16.8 Å². The highest BCUT2D eigenvalue weighted by molar-refractivity contribution is 7.15. The van der Waals surface area contributed by atoms with E-state index in [4.69, 9.17) is 0 Å². The third-order valence-electron chi connectivity index (χ3n) is 4.84. The fourth-order valence-electron chi connectivity index (χ4n) is 3.08. The van der Waals surface area contributed by atoms with Crippen molar-refractivity contribution >= 4 is 33.8 Å². The van der Waals surface area contributed by atoms with Crippen molar-refractivity contribution < 1.29 is 14.0 Å². The van der Waals surface area contributed by atoms with Crippen LogP contribution in [-0.4, -0.2) is 33.0 Å². The zero-order valence-corrected chi connectivity index (χ0v) is 17.8. The number of amides is 2. The first-order valence-electron chi connectivity index (χ1n) is 9.67. The lowest BCUT2D eigenvalue weighted by atomic mass is 10.1. The molecule has 0 aliphatic heterocycles. The smallest absolute Gasteiger partial charge is 0.313 e. The molecule has 0 atom stereocenters. The van der Waals surface area contributed by atoms with Crippen molar-refractivity contribution in [2.24, 2.45) is 0 Å². The first-order valence-corrected chi connectivity index (χ1v) is 10.5. The molecule has 2 amide bonds. The second-order valence-electron chi connectivity index (χ2n) is 7.10. The number of halogens is 1. The number of carbonyl (C=O) groups excluding carboxylic acids is 2. The number of nitrogens with one attached hydrogen (secondary N) is 2. The maximum Gasteiger partial charge on any atom is 0.313 e. The first-order chi connectivity index (χ1) is 14.9. The van der Waals surface area contributed by atoms with E-state index in [9.17, 15) is 14.0 Å². The minimum atomic E-state index is -0.846. The number of nitrogens with zero attached hydrogens (tertiary/aromatic N) is 3. The molecule has 0 spiro atoms. The summed E-state index contributed by atoms with van der Waals surface area (Å²) >= 11 is 1.47. The lowest BCUT2D eigenvalue weighted by molar-refractivity contribution is -0.136. The van der Waals surface area contributed by atoms with Crippen LogP contribution < -0.4 is 10.6 Å². The fourth-order valence-corrected chi connectivity index (χ4v) is 3.93. The van der Waals surface area contributed by atoms with E-state index in [-0.39, 0.29) is 12.2 Å². The molecular formula is C22H20FN5O2S. The van der Waals surface area contributed by atoms with E-state index in [0.29, 0.717) is 17.8 Å². The molecule has 31 heavy (non-hydrogen) atoms. The largest absolute Gasteiger partial charge is 0.347 e. The highest BCUT2D eigenvalue weighted by Gasteiger charge is 2.16. The highest BCUT2D eigenvalue weighted by atomic mass is 32.1. The quantitative estimate of drug-likeness (QED) is 0.468. The van der Waals surface area contributed by atoms with E-state index in [1.165, 1.54) is 23.5 Å². The Morgan fingerprint density at radius 1 is 1.10 bits per heavy atom. The molecule has 158 valence electrons. The van der Waals surface area contributed by atoms with Crippen LogP contribution in [0.2, 0.25) is 0 Å². The maximum absolute atomic E-state index is 13.6. The number of hydrogen-bond donors (Lipinski definition) is 2. The van der Waals surface area contributed by atoms with Gasteiger partial charge >= 0.3 is 11.8 Å². The number of thiazole rings is 1. The predicted octanol–water partition coefficient (Wildman–Crippen LogP) is 3.51. The summed E-state index contributed by atoms with van der Waals surface area (Å²) in [7, 11) is 0. The Morgan fingerprint density at radius 3 is 2.68 bits per heavy atom. The standard InChI is InChI=1S/C22H20FN5O2S/c1-13-5-3-4-6-17(13)19-26-22-28(27-19)16(12-31-22)9-10-24-20(29)21(30)25-15-8-7-14(2)18(23)11-15/h3-8,11-12H,9-10H2,1-2H3,(H,24,29)(H,25,30). The van der Waals surface area contributed by atoms with Crippen molar-refractivity contribution in [1.29, 1.82) is 0 Å². The van der Waals surface area contributed by atoms with Gasteiger partial charge in [0.05, 0.1) is 5.69 Å². The molecule has 0 saturated carbocycles. The van der Waals surface area contributed by atoms with Gasteiger partial charge in [0, 0.05) is 29.6 Å². The highest BCUT2D eigenvalue weighted by Crippen LogP contribution is 2.23. The molecule has 0 aliphatic rings. The summed E-state index contributed by atoms with van der Waals surface area (Å²) in [5.74, 6) is -1.43. The number of rotatable bonds is 5. The monoisotopic (exact) mass is 437 g/mol. The zero-order chi connectivity index (χ0) is 22.0. The molecule has 4 aromatic rings. The van der Waals surface area contributed by atoms with Crippen LogP contribution in [0.5, 0.6) is 0 Å². The fraction of sp³-hybridized carbons (Fsp3) is 0.182. The van der Waals surface area contributed by atoms with Crippen LogP contribution in [0.4, 0.5) is 10.1 Å². The van der Waals surface area contributed by atoms with Crippen molar-refractivity contribution in [3.05, 3.63) is 70.5 Å². The minimum Gasteiger partial charge on any atom is -0.347 e. The lowest BCUT2D eigenvalue weighted by Gasteiger charge is -2.07. The van der Waals surface area contributed by atoms with Crippen LogP contribution in [0.15, 0.2) is 47.8 Å². The van der Waals surface area contributed by atoms with Crippen LogP contribution in [-0.2, 0) is 16.0 Å². The summed E-state index contributed by atoms with van der Waals surface area (Å²) in [6, 6.07) is 12.2. The van der Waals surface area contributed by atoms with Gasteiger partial charge in [-0.05, 0) is 37.1 Å². The summed E-state index contributed by atoms with van der Waals surface area (Å²) in [5, 5.41) is 11.5. The molecule has 0 aliphatic carbocycles. The number of hydrogen-bond acceptors (Lipinski definition) is 5. The molecule has 2 aromatic carbocycles. The Labute approximate surface area is 181 Å². The third kappa shape index (κ3) is 4.46. The molecular weight excluding hydrogens is 417 g/mol.